The molecule has 0 atom stereocenters. The summed E-state index contributed by atoms with van der Waals surface area (Å²) in [5.41, 5.74) is 0.181. The van der Waals surface area contributed by atoms with Crippen molar-refractivity contribution in [2.45, 2.75) is 6.18 Å². The third-order valence-corrected chi connectivity index (χ3v) is 5.87. The SMILES string of the molecule is FC(F)(F)c1ccc(-c2ccc(-c3ccc(Br)s3)s2)cc1. The summed E-state index contributed by atoms with van der Waals surface area (Å²) in [5, 5.41) is 0. The largest absolute Gasteiger partial charge is 0.416 e. The Labute approximate surface area is 136 Å². The summed E-state index contributed by atoms with van der Waals surface area (Å²) in [6, 6.07) is 13.2. The Bertz CT molecular complexity index is 754. The summed E-state index contributed by atoms with van der Waals surface area (Å²) in [7, 11) is 0. The molecule has 0 bridgehead atoms. The van der Waals surface area contributed by atoms with Crippen LogP contribution in [-0.4, -0.2) is 0 Å². The normalized spacial score (nSPS) is 11.8. The number of benzene rings is 1. The first-order chi connectivity index (χ1) is 9.93. The minimum Gasteiger partial charge on any atom is -0.166 e. The van der Waals surface area contributed by atoms with E-state index in [-0.39, 0.29) is 0 Å². The van der Waals surface area contributed by atoms with Gasteiger partial charge in [0.25, 0.3) is 0 Å². The van der Waals surface area contributed by atoms with Crippen LogP contribution in [-0.2, 0) is 6.18 Å². The zero-order valence-electron chi connectivity index (χ0n) is 10.4. The van der Waals surface area contributed by atoms with Crippen LogP contribution in [0.5, 0.6) is 0 Å². The molecule has 0 radical (unpaired) electrons. The molecule has 1 aromatic carbocycles. The highest BCUT2D eigenvalue weighted by Gasteiger charge is 2.30. The van der Waals surface area contributed by atoms with Crippen LogP contribution in [0.1, 0.15) is 5.56 Å². The lowest BCUT2D eigenvalue weighted by Gasteiger charge is -2.06. The van der Waals surface area contributed by atoms with Crippen LogP contribution in [0, 0.1) is 0 Å². The molecule has 0 unspecified atom stereocenters. The summed E-state index contributed by atoms with van der Waals surface area (Å²) in [5.74, 6) is 0. The molecule has 0 saturated carbocycles. The number of alkyl halides is 3. The molecule has 0 spiro atoms. The monoisotopic (exact) mass is 388 g/mol. The molecule has 2 aromatic heterocycles. The lowest BCUT2D eigenvalue weighted by atomic mass is 10.1. The molecule has 0 aliphatic rings. The van der Waals surface area contributed by atoms with Gasteiger partial charge in [-0.15, -0.1) is 22.7 Å². The molecule has 3 rings (SSSR count). The first-order valence-electron chi connectivity index (χ1n) is 5.97. The Morgan fingerprint density at radius 2 is 1.29 bits per heavy atom. The fourth-order valence-corrected chi connectivity index (χ4v) is 4.38. The number of hydrogen-bond donors (Lipinski definition) is 0. The van der Waals surface area contributed by atoms with Crippen molar-refractivity contribution in [1.29, 1.82) is 0 Å². The van der Waals surface area contributed by atoms with Crippen molar-refractivity contribution >= 4 is 38.6 Å². The molecule has 2 heterocycles. The molecule has 6 heteroatoms. The van der Waals surface area contributed by atoms with Crippen molar-refractivity contribution in [3.05, 3.63) is 57.9 Å². The molecule has 0 N–H and O–H groups in total. The lowest BCUT2D eigenvalue weighted by Crippen LogP contribution is -2.03. The van der Waals surface area contributed by atoms with Gasteiger partial charge in [0, 0.05) is 14.6 Å². The van der Waals surface area contributed by atoms with Gasteiger partial charge in [-0.1, -0.05) is 12.1 Å². The van der Waals surface area contributed by atoms with E-state index in [1.807, 2.05) is 24.3 Å². The standard InChI is InChI=1S/C15H8BrF3S2/c16-14-8-7-13(21-14)12-6-5-11(20-12)9-1-3-10(4-2-9)15(17,18)19/h1-8H. The van der Waals surface area contributed by atoms with E-state index in [2.05, 4.69) is 15.9 Å². The van der Waals surface area contributed by atoms with Crippen molar-refractivity contribution in [3.63, 3.8) is 0 Å². The second-order valence-corrected chi connectivity index (χ2v) is 7.89. The summed E-state index contributed by atoms with van der Waals surface area (Å²) >= 11 is 6.63. The van der Waals surface area contributed by atoms with Gasteiger partial charge >= 0.3 is 6.18 Å². The van der Waals surface area contributed by atoms with Gasteiger partial charge in [-0.3, -0.25) is 0 Å². The third-order valence-electron chi connectivity index (χ3n) is 2.92. The molecule has 0 aliphatic heterocycles. The zero-order chi connectivity index (χ0) is 15.0. The predicted octanol–water partition coefficient (Wildman–Crippen LogP) is 6.92. The van der Waals surface area contributed by atoms with E-state index in [1.165, 1.54) is 12.1 Å². The Hall–Kier alpha value is -1.11. The van der Waals surface area contributed by atoms with E-state index in [0.29, 0.717) is 0 Å². The molecular formula is C15H8BrF3S2. The number of hydrogen-bond acceptors (Lipinski definition) is 2. The number of rotatable bonds is 2. The van der Waals surface area contributed by atoms with Crippen molar-refractivity contribution < 1.29 is 13.2 Å². The van der Waals surface area contributed by atoms with Crippen LogP contribution in [0.15, 0.2) is 52.3 Å². The minimum absolute atomic E-state index is 0.620. The average Bonchev–Trinajstić information content (AvgIpc) is 3.06. The summed E-state index contributed by atoms with van der Waals surface area (Å²) < 4.78 is 38.7. The first kappa shape index (κ1) is 14.8. The highest BCUT2D eigenvalue weighted by Crippen LogP contribution is 2.39. The van der Waals surface area contributed by atoms with Gasteiger partial charge in [-0.2, -0.15) is 13.2 Å². The van der Waals surface area contributed by atoms with E-state index in [4.69, 9.17) is 0 Å². The van der Waals surface area contributed by atoms with E-state index < -0.39 is 11.7 Å². The quantitative estimate of drug-likeness (QED) is 0.446. The zero-order valence-corrected chi connectivity index (χ0v) is 13.7. The van der Waals surface area contributed by atoms with Gasteiger partial charge in [-0.25, -0.2) is 0 Å². The fourth-order valence-electron chi connectivity index (χ4n) is 1.90. The molecule has 21 heavy (non-hydrogen) atoms. The smallest absolute Gasteiger partial charge is 0.166 e. The molecule has 0 nitrogen and oxygen atoms in total. The predicted molar refractivity (Wildman–Crippen MR) is 85.8 cm³/mol. The van der Waals surface area contributed by atoms with E-state index in [9.17, 15) is 13.2 Å². The van der Waals surface area contributed by atoms with Gasteiger partial charge in [-0.05, 0) is 57.9 Å². The maximum absolute atomic E-state index is 12.5. The van der Waals surface area contributed by atoms with Crippen LogP contribution in [0.2, 0.25) is 0 Å². The van der Waals surface area contributed by atoms with Crippen molar-refractivity contribution in [2.75, 3.05) is 0 Å². The molecule has 0 fully saturated rings. The fraction of sp³-hybridized carbons (Fsp3) is 0.0667. The van der Waals surface area contributed by atoms with Gasteiger partial charge < -0.3 is 0 Å². The van der Waals surface area contributed by atoms with Crippen LogP contribution < -0.4 is 0 Å². The lowest BCUT2D eigenvalue weighted by molar-refractivity contribution is -0.137. The Morgan fingerprint density at radius 1 is 0.714 bits per heavy atom. The maximum Gasteiger partial charge on any atom is 0.416 e. The minimum atomic E-state index is -4.29. The summed E-state index contributed by atoms with van der Waals surface area (Å²) in [4.78, 5) is 3.22. The van der Waals surface area contributed by atoms with Gasteiger partial charge in [0.15, 0.2) is 0 Å². The van der Waals surface area contributed by atoms with E-state index in [0.717, 1.165) is 36.1 Å². The summed E-state index contributed by atoms with van der Waals surface area (Å²) in [6.45, 7) is 0. The highest BCUT2D eigenvalue weighted by atomic mass is 79.9. The van der Waals surface area contributed by atoms with Crippen LogP contribution >= 0.6 is 38.6 Å². The van der Waals surface area contributed by atoms with Crippen LogP contribution in [0.4, 0.5) is 13.2 Å². The van der Waals surface area contributed by atoms with Crippen LogP contribution in [0.3, 0.4) is 0 Å². The highest BCUT2D eigenvalue weighted by molar-refractivity contribution is 9.11. The Kier molecular flexibility index (Phi) is 3.94. The Balaban J connectivity index is 1.90. The summed E-state index contributed by atoms with van der Waals surface area (Å²) in [6.07, 6.45) is -4.29. The van der Waals surface area contributed by atoms with Crippen LogP contribution in [0.25, 0.3) is 20.2 Å². The Morgan fingerprint density at radius 3 is 1.86 bits per heavy atom. The number of thiophene rings is 2. The second-order valence-electron chi connectivity index (χ2n) is 4.34. The van der Waals surface area contributed by atoms with E-state index in [1.54, 1.807) is 22.7 Å². The van der Waals surface area contributed by atoms with Crippen molar-refractivity contribution in [1.82, 2.24) is 0 Å². The topological polar surface area (TPSA) is 0 Å². The molecule has 0 aliphatic carbocycles. The second kappa shape index (κ2) is 5.59. The molecule has 0 saturated heterocycles. The molecule has 0 amide bonds. The van der Waals surface area contributed by atoms with E-state index >= 15 is 0 Å². The molecule has 108 valence electrons. The number of halogens is 4. The van der Waals surface area contributed by atoms with Gasteiger partial charge in [0.1, 0.15) is 0 Å². The first-order valence-corrected chi connectivity index (χ1v) is 8.39. The molecular weight excluding hydrogens is 381 g/mol. The third kappa shape index (κ3) is 3.22. The maximum atomic E-state index is 12.5. The van der Waals surface area contributed by atoms with Gasteiger partial charge in [0.05, 0.1) is 9.35 Å². The van der Waals surface area contributed by atoms with Crippen molar-refractivity contribution in [2.24, 2.45) is 0 Å². The van der Waals surface area contributed by atoms with Gasteiger partial charge in [0.2, 0.25) is 0 Å². The molecule has 3 aromatic rings. The van der Waals surface area contributed by atoms with Crippen molar-refractivity contribution in [3.8, 4) is 20.2 Å². The average molecular weight is 389 g/mol.